The second-order valence-electron chi connectivity index (χ2n) is 5.88. The number of hydrogen-bond donors (Lipinski definition) is 3. The lowest BCUT2D eigenvalue weighted by Gasteiger charge is -2.23. The van der Waals surface area contributed by atoms with Crippen LogP contribution in [0.3, 0.4) is 0 Å². The van der Waals surface area contributed by atoms with Gasteiger partial charge in [0.05, 0.1) is 12.1 Å². The maximum atomic E-state index is 12.3. The fourth-order valence-corrected chi connectivity index (χ4v) is 2.86. The van der Waals surface area contributed by atoms with Gasteiger partial charge in [0, 0.05) is 19.2 Å². The van der Waals surface area contributed by atoms with Gasteiger partial charge in [-0.05, 0) is 37.5 Å². The van der Waals surface area contributed by atoms with E-state index in [4.69, 9.17) is 5.11 Å². The first-order valence-corrected chi connectivity index (χ1v) is 7.98. The van der Waals surface area contributed by atoms with Crippen LogP contribution in [0.25, 0.3) is 0 Å². The summed E-state index contributed by atoms with van der Waals surface area (Å²) < 4.78 is 0. The molecular formula is C17H21N3O5. The first-order valence-electron chi connectivity index (χ1n) is 7.98. The number of nitrogens with zero attached hydrogens (tertiary/aromatic N) is 1. The van der Waals surface area contributed by atoms with Crippen LogP contribution in [0.5, 0.6) is 0 Å². The second-order valence-corrected chi connectivity index (χ2v) is 5.88. The Bertz CT molecular complexity index is 716. The summed E-state index contributed by atoms with van der Waals surface area (Å²) in [5.41, 5.74) is 0.754. The fraction of sp³-hybridized carbons (Fsp3) is 0.412. The van der Waals surface area contributed by atoms with Gasteiger partial charge in [-0.3, -0.25) is 14.4 Å². The number of aromatic carboxylic acids is 1. The second kappa shape index (κ2) is 7.78. The van der Waals surface area contributed by atoms with E-state index in [-0.39, 0.29) is 29.5 Å². The van der Waals surface area contributed by atoms with Crippen LogP contribution in [0.2, 0.25) is 0 Å². The molecule has 0 saturated carbocycles. The third kappa shape index (κ3) is 4.14. The molecule has 1 aromatic rings. The Morgan fingerprint density at radius 2 is 2.00 bits per heavy atom. The standard InChI is InChI=1S/C17H21N3O5/c1-10-5-6-11(8-12(10)17(24)25)15(22)19-9-14(21)20-7-3-4-13(20)16(23)18-2/h5-6,8,13H,3-4,7,9H2,1-2H3,(H,18,23)(H,19,22)(H,24,25). The number of carbonyl (C=O) groups is 4. The van der Waals surface area contributed by atoms with Crippen molar-refractivity contribution < 1.29 is 24.3 Å². The van der Waals surface area contributed by atoms with E-state index in [0.29, 0.717) is 18.5 Å². The fourth-order valence-electron chi connectivity index (χ4n) is 2.86. The highest BCUT2D eigenvalue weighted by molar-refractivity contribution is 5.99. The number of amides is 3. The van der Waals surface area contributed by atoms with E-state index in [0.717, 1.165) is 6.42 Å². The van der Waals surface area contributed by atoms with Gasteiger partial charge in [-0.25, -0.2) is 4.79 Å². The minimum absolute atomic E-state index is 0.0400. The highest BCUT2D eigenvalue weighted by atomic mass is 16.4. The van der Waals surface area contributed by atoms with Crippen molar-refractivity contribution in [3.8, 4) is 0 Å². The smallest absolute Gasteiger partial charge is 0.335 e. The quantitative estimate of drug-likeness (QED) is 0.702. The molecule has 1 aliphatic heterocycles. The van der Waals surface area contributed by atoms with Crippen LogP contribution in [-0.2, 0) is 9.59 Å². The van der Waals surface area contributed by atoms with Crippen LogP contribution in [0.1, 0.15) is 39.1 Å². The number of hydrogen-bond acceptors (Lipinski definition) is 4. The summed E-state index contributed by atoms with van der Waals surface area (Å²) in [6.45, 7) is 1.87. The number of rotatable bonds is 5. The topological polar surface area (TPSA) is 116 Å². The molecule has 1 fully saturated rings. The van der Waals surface area contributed by atoms with Crippen LogP contribution < -0.4 is 10.6 Å². The first kappa shape index (κ1) is 18.4. The highest BCUT2D eigenvalue weighted by Crippen LogP contribution is 2.17. The van der Waals surface area contributed by atoms with Gasteiger partial charge in [-0.1, -0.05) is 6.07 Å². The molecule has 0 aromatic heterocycles. The van der Waals surface area contributed by atoms with E-state index < -0.39 is 17.9 Å². The Morgan fingerprint density at radius 3 is 2.64 bits per heavy atom. The van der Waals surface area contributed by atoms with Crippen molar-refractivity contribution in [2.45, 2.75) is 25.8 Å². The maximum Gasteiger partial charge on any atom is 0.335 e. The molecule has 1 saturated heterocycles. The molecule has 0 aliphatic carbocycles. The molecule has 8 heteroatoms. The van der Waals surface area contributed by atoms with E-state index in [2.05, 4.69) is 10.6 Å². The number of likely N-dealkylation sites (N-methyl/N-ethyl adjacent to an activating group) is 1. The molecule has 134 valence electrons. The number of likely N-dealkylation sites (tertiary alicyclic amines) is 1. The summed E-state index contributed by atoms with van der Waals surface area (Å²) in [4.78, 5) is 48.8. The van der Waals surface area contributed by atoms with E-state index in [1.54, 1.807) is 13.0 Å². The molecule has 1 heterocycles. The molecule has 2 rings (SSSR count). The van der Waals surface area contributed by atoms with E-state index in [9.17, 15) is 19.2 Å². The molecule has 3 N–H and O–H groups in total. The predicted molar refractivity (Wildman–Crippen MR) is 89.3 cm³/mol. The number of nitrogens with one attached hydrogen (secondary N) is 2. The molecule has 0 spiro atoms. The van der Waals surface area contributed by atoms with Crippen molar-refractivity contribution >= 4 is 23.7 Å². The zero-order valence-electron chi connectivity index (χ0n) is 14.2. The van der Waals surface area contributed by atoms with Crippen molar-refractivity contribution in [2.24, 2.45) is 0 Å². The van der Waals surface area contributed by atoms with Gasteiger partial charge < -0.3 is 20.6 Å². The molecule has 0 radical (unpaired) electrons. The third-order valence-corrected chi connectivity index (χ3v) is 4.25. The Morgan fingerprint density at radius 1 is 1.28 bits per heavy atom. The largest absolute Gasteiger partial charge is 0.478 e. The van der Waals surface area contributed by atoms with Gasteiger partial charge >= 0.3 is 5.97 Å². The summed E-state index contributed by atoms with van der Waals surface area (Å²) in [6, 6.07) is 3.82. The summed E-state index contributed by atoms with van der Waals surface area (Å²) in [7, 11) is 1.52. The monoisotopic (exact) mass is 347 g/mol. The van der Waals surface area contributed by atoms with Gasteiger partial charge in [-0.15, -0.1) is 0 Å². The van der Waals surface area contributed by atoms with Crippen molar-refractivity contribution in [2.75, 3.05) is 20.1 Å². The van der Waals surface area contributed by atoms with E-state index >= 15 is 0 Å². The van der Waals surface area contributed by atoms with Crippen LogP contribution in [0.4, 0.5) is 0 Å². The zero-order chi connectivity index (χ0) is 18.6. The van der Waals surface area contributed by atoms with E-state index in [1.807, 2.05) is 0 Å². The van der Waals surface area contributed by atoms with Crippen molar-refractivity contribution in [1.29, 1.82) is 0 Å². The molecule has 1 unspecified atom stereocenters. The van der Waals surface area contributed by atoms with Crippen LogP contribution in [0.15, 0.2) is 18.2 Å². The van der Waals surface area contributed by atoms with Crippen LogP contribution in [-0.4, -0.2) is 59.9 Å². The number of carboxylic acid groups (broad SMARTS) is 1. The molecule has 0 bridgehead atoms. The minimum Gasteiger partial charge on any atom is -0.478 e. The molecule has 25 heavy (non-hydrogen) atoms. The Balaban J connectivity index is 2.00. The summed E-state index contributed by atoms with van der Waals surface area (Å²) in [5.74, 6) is -2.22. The van der Waals surface area contributed by atoms with Crippen molar-refractivity contribution in [3.05, 3.63) is 34.9 Å². The predicted octanol–water partition coefficient (Wildman–Crippen LogP) is 0.160. The average molecular weight is 347 g/mol. The van der Waals surface area contributed by atoms with Crippen LogP contribution in [0, 0.1) is 6.92 Å². The summed E-state index contributed by atoms with van der Waals surface area (Å²) in [6.07, 6.45) is 1.33. The Labute approximate surface area is 145 Å². The minimum atomic E-state index is -1.12. The molecule has 1 aliphatic rings. The molecule has 1 aromatic carbocycles. The third-order valence-electron chi connectivity index (χ3n) is 4.25. The average Bonchev–Trinajstić information content (AvgIpc) is 3.08. The molecular weight excluding hydrogens is 326 g/mol. The van der Waals surface area contributed by atoms with Gasteiger partial charge in [-0.2, -0.15) is 0 Å². The lowest BCUT2D eigenvalue weighted by Crippen LogP contribution is -2.48. The van der Waals surface area contributed by atoms with Gasteiger partial charge in [0.15, 0.2) is 0 Å². The van der Waals surface area contributed by atoms with Gasteiger partial charge in [0.1, 0.15) is 6.04 Å². The Kier molecular flexibility index (Phi) is 5.74. The lowest BCUT2D eigenvalue weighted by atomic mass is 10.0. The lowest BCUT2D eigenvalue weighted by molar-refractivity contribution is -0.137. The van der Waals surface area contributed by atoms with Crippen molar-refractivity contribution in [1.82, 2.24) is 15.5 Å². The summed E-state index contributed by atoms with van der Waals surface area (Å²) in [5, 5.41) is 14.1. The van der Waals surface area contributed by atoms with Gasteiger partial charge in [0.2, 0.25) is 11.8 Å². The zero-order valence-corrected chi connectivity index (χ0v) is 14.2. The highest BCUT2D eigenvalue weighted by Gasteiger charge is 2.33. The summed E-state index contributed by atoms with van der Waals surface area (Å²) >= 11 is 0. The van der Waals surface area contributed by atoms with Gasteiger partial charge in [0.25, 0.3) is 5.91 Å². The molecule has 3 amide bonds. The maximum absolute atomic E-state index is 12.3. The Hall–Kier alpha value is -2.90. The normalized spacial score (nSPS) is 16.4. The molecule has 1 atom stereocenters. The molecule has 8 nitrogen and oxygen atoms in total. The number of benzene rings is 1. The van der Waals surface area contributed by atoms with Crippen LogP contribution >= 0.6 is 0 Å². The van der Waals surface area contributed by atoms with E-state index in [1.165, 1.54) is 24.1 Å². The SMILES string of the molecule is CNC(=O)C1CCCN1C(=O)CNC(=O)c1ccc(C)c(C(=O)O)c1. The number of aryl methyl sites for hydroxylation is 1. The first-order chi connectivity index (χ1) is 11.8. The number of carbonyl (C=O) groups excluding carboxylic acids is 3. The number of carboxylic acids is 1. The van der Waals surface area contributed by atoms with Crippen molar-refractivity contribution in [3.63, 3.8) is 0 Å².